The molecule has 0 aliphatic heterocycles. The molecule has 3 nitrogen and oxygen atoms in total. The first kappa shape index (κ1) is 12.7. The summed E-state index contributed by atoms with van der Waals surface area (Å²) in [4.78, 5) is 4.60. The molecule has 0 bridgehead atoms. The molecule has 20 heavy (non-hydrogen) atoms. The van der Waals surface area contributed by atoms with Crippen LogP contribution in [0.25, 0.3) is 22.6 Å². The molecule has 0 spiro atoms. The Labute approximate surface area is 118 Å². The van der Waals surface area contributed by atoms with Crippen molar-refractivity contribution in [3.05, 3.63) is 47.5 Å². The number of rotatable bonds is 2. The van der Waals surface area contributed by atoms with E-state index in [2.05, 4.69) is 24.9 Å². The molecule has 2 aromatic carbocycles. The number of aryl methyl sites for hydroxylation is 1. The van der Waals surface area contributed by atoms with Crippen LogP contribution in [0.3, 0.4) is 0 Å². The first-order valence-electron chi connectivity index (χ1n) is 6.82. The summed E-state index contributed by atoms with van der Waals surface area (Å²) in [5, 5.41) is 0. The Balaban J connectivity index is 2.21. The second kappa shape index (κ2) is 4.67. The van der Waals surface area contributed by atoms with Gasteiger partial charge in [-0.05, 0) is 42.2 Å². The number of hydrogen-bond acceptors (Lipinski definition) is 3. The van der Waals surface area contributed by atoms with Gasteiger partial charge in [0.1, 0.15) is 5.52 Å². The predicted octanol–water partition coefficient (Wildman–Crippen LogP) is 4.51. The monoisotopic (exact) mass is 266 g/mol. The SMILES string of the molecule is Cc1ccccc1-c1nc2cc(C(C)C)cc(N)c2o1. The zero-order valence-corrected chi connectivity index (χ0v) is 12.0. The van der Waals surface area contributed by atoms with E-state index in [-0.39, 0.29) is 0 Å². The number of aromatic nitrogens is 1. The Bertz CT molecular complexity index is 772. The molecule has 0 unspecified atom stereocenters. The van der Waals surface area contributed by atoms with E-state index in [0.717, 1.165) is 16.6 Å². The minimum Gasteiger partial charge on any atom is -0.434 e. The van der Waals surface area contributed by atoms with Crippen LogP contribution in [0, 0.1) is 6.92 Å². The minimum absolute atomic E-state index is 0.417. The topological polar surface area (TPSA) is 52.0 Å². The molecule has 0 atom stereocenters. The highest BCUT2D eigenvalue weighted by atomic mass is 16.3. The third-order valence-electron chi connectivity index (χ3n) is 3.58. The van der Waals surface area contributed by atoms with E-state index >= 15 is 0 Å². The van der Waals surface area contributed by atoms with Crippen molar-refractivity contribution in [3.63, 3.8) is 0 Å². The van der Waals surface area contributed by atoms with Gasteiger partial charge in [-0.1, -0.05) is 32.0 Å². The summed E-state index contributed by atoms with van der Waals surface area (Å²) in [6.07, 6.45) is 0. The molecule has 0 saturated heterocycles. The van der Waals surface area contributed by atoms with Gasteiger partial charge in [0.2, 0.25) is 5.89 Å². The highest BCUT2D eigenvalue weighted by Gasteiger charge is 2.14. The number of anilines is 1. The van der Waals surface area contributed by atoms with Gasteiger partial charge in [-0.2, -0.15) is 0 Å². The summed E-state index contributed by atoms with van der Waals surface area (Å²) >= 11 is 0. The fourth-order valence-corrected chi connectivity index (χ4v) is 2.34. The zero-order valence-electron chi connectivity index (χ0n) is 12.0. The molecule has 0 radical (unpaired) electrons. The van der Waals surface area contributed by atoms with E-state index < -0.39 is 0 Å². The molecule has 1 aromatic heterocycles. The van der Waals surface area contributed by atoms with Gasteiger partial charge in [-0.25, -0.2) is 4.98 Å². The van der Waals surface area contributed by atoms with Crippen molar-refractivity contribution in [3.8, 4) is 11.5 Å². The lowest BCUT2D eigenvalue weighted by atomic mass is 10.0. The third-order valence-corrected chi connectivity index (χ3v) is 3.58. The van der Waals surface area contributed by atoms with Crippen LogP contribution >= 0.6 is 0 Å². The van der Waals surface area contributed by atoms with Crippen LogP contribution in [-0.2, 0) is 0 Å². The maximum atomic E-state index is 6.09. The second-order valence-electron chi connectivity index (χ2n) is 5.45. The molecular weight excluding hydrogens is 248 g/mol. The lowest BCUT2D eigenvalue weighted by Crippen LogP contribution is -1.92. The van der Waals surface area contributed by atoms with Crippen molar-refractivity contribution >= 4 is 16.8 Å². The number of nitrogens with zero attached hydrogens (tertiary/aromatic N) is 1. The average Bonchev–Trinajstić information content (AvgIpc) is 2.83. The Morgan fingerprint density at radius 3 is 2.60 bits per heavy atom. The summed E-state index contributed by atoms with van der Waals surface area (Å²) in [7, 11) is 0. The van der Waals surface area contributed by atoms with Gasteiger partial charge < -0.3 is 10.2 Å². The summed E-state index contributed by atoms with van der Waals surface area (Å²) in [6.45, 7) is 6.33. The number of oxazole rings is 1. The lowest BCUT2D eigenvalue weighted by Gasteiger charge is -2.05. The Hall–Kier alpha value is -2.29. The molecular formula is C17H18N2O. The van der Waals surface area contributed by atoms with Crippen molar-refractivity contribution < 1.29 is 4.42 Å². The van der Waals surface area contributed by atoms with E-state index in [0.29, 0.717) is 23.1 Å². The molecule has 3 heteroatoms. The fraction of sp³-hybridized carbons (Fsp3) is 0.235. The van der Waals surface area contributed by atoms with Crippen molar-refractivity contribution in [1.82, 2.24) is 4.98 Å². The van der Waals surface area contributed by atoms with E-state index in [9.17, 15) is 0 Å². The van der Waals surface area contributed by atoms with Crippen molar-refractivity contribution in [1.29, 1.82) is 0 Å². The zero-order chi connectivity index (χ0) is 14.3. The number of benzene rings is 2. The highest BCUT2D eigenvalue weighted by molar-refractivity contribution is 5.87. The van der Waals surface area contributed by atoms with Gasteiger partial charge in [-0.15, -0.1) is 0 Å². The summed E-state index contributed by atoms with van der Waals surface area (Å²) in [5.74, 6) is 1.05. The standard InChI is InChI=1S/C17H18N2O/c1-10(2)12-8-14(18)16-15(9-12)19-17(20-16)13-7-5-4-6-11(13)3/h4-10H,18H2,1-3H3. The lowest BCUT2D eigenvalue weighted by molar-refractivity contribution is 0.620. The van der Waals surface area contributed by atoms with Gasteiger partial charge in [0.05, 0.1) is 5.69 Å². The molecule has 0 fully saturated rings. The Kier molecular flexibility index (Phi) is 2.97. The maximum absolute atomic E-state index is 6.09. The van der Waals surface area contributed by atoms with Gasteiger partial charge in [-0.3, -0.25) is 0 Å². The molecule has 0 aliphatic carbocycles. The molecule has 3 rings (SSSR count). The molecule has 0 aliphatic rings. The second-order valence-corrected chi connectivity index (χ2v) is 5.45. The smallest absolute Gasteiger partial charge is 0.227 e. The van der Waals surface area contributed by atoms with Crippen molar-refractivity contribution in [2.45, 2.75) is 26.7 Å². The molecule has 3 aromatic rings. The predicted molar refractivity (Wildman–Crippen MR) is 82.7 cm³/mol. The fourth-order valence-electron chi connectivity index (χ4n) is 2.34. The number of nitrogens with two attached hydrogens (primary N) is 1. The normalized spacial score (nSPS) is 11.4. The van der Waals surface area contributed by atoms with Crippen LogP contribution in [0.4, 0.5) is 5.69 Å². The quantitative estimate of drug-likeness (QED) is 0.694. The molecule has 2 N–H and O–H groups in total. The van der Waals surface area contributed by atoms with Crippen molar-refractivity contribution in [2.75, 3.05) is 5.73 Å². The van der Waals surface area contributed by atoms with Crippen LogP contribution in [-0.4, -0.2) is 4.98 Å². The molecule has 1 heterocycles. The summed E-state index contributed by atoms with van der Waals surface area (Å²) < 4.78 is 5.86. The Morgan fingerprint density at radius 2 is 1.90 bits per heavy atom. The van der Waals surface area contributed by atoms with E-state index in [4.69, 9.17) is 10.2 Å². The van der Waals surface area contributed by atoms with Gasteiger partial charge in [0.15, 0.2) is 5.58 Å². The molecule has 102 valence electrons. The number of fused-ring (bicyclic) bond motifs is 1. The van der Waals surface area contributed by atoms with Crippen molar-refractivity contribution in [2.24, 2.45) is 0 Å². The first-order chi connectivity index (χ1) is 9.56. The number of nitrogen functional groups attached to an aromatic ring is 1. The number of hydrogen-bond donors (Lipinski definition) is 1. The van der Waals surface area contributed by atoms with Gasteiger partial charge >= 0.3 is 0 Å². The van der Waals surface area contributed by atoms with Crippen LogP contribution < -0.4 is 5.73 Å². The van der Waals surface area contributed by atoms with Crippen LogP contribution in [0.2, 0.25) is 0 Å². The average molecular weight is 266 g/mol. The molecule has 0 saturated carbocycles. The van der Waals surface area contributed by atoms with Crippen LogP contribution in [0.15, 0.2) is 40.8 Å². The van der Waals surface area contributed by atoms with Crippen LogP contribution in [0.1, 0.15) is 30.9 Å². The van der Waals surface area contributed by atoms with E-state index in [1.165, 1.54) is 5.56 Å². The van der Waals surface area contributed by atoms with Gasteiger partial charge in [0.25, 0.3) is 0 Å². The van der Waals surface area contributed by atoms with E-state index in [1.807, 2.05) is 37.3 Å². The first-order valence-corrected chi connectivity index (χ1v) is 6.82. The summed E-state index contributed by atoms with van der Waals surface area (Å²) in [6, 6.07) is 12.1. The third kappa shape index (κ3) is 2.05. The largest absolute Gasteiger partial charge is 0.434 e. The summed E-state index contributed by atoms with van der Waals surface area (Å²) in [5.41, 5.74) is 11.6. The van der Waals surface area contributed by atoms with Crippen LogP contribution in [0.5, 0.6) is 0 Å². The Morgan fingerprint density at radius 1 is 1.15 bits per heavy atom. The van der Waals surface area contributed by atoms with E-state index in [1.54, 1.807) is 0 Å². The van der Waals surface area contributed by atoms with Gasteiger partial charge in [0, 0.05) is 5.56 Å². The maximum Gasteiger partial charge on any atom is 0.227 e. The molecule has 0 amide bonds. The highest BCUT2D eigenvalue weighted by Crippen LogP contribution is 2.32. The minimum atomic E-state index is 0.417.